The normalized spacial score (nSPS) is 10.4. The van der Waals surface area contributed by atoms with Gasteiger partial charge in [0.15, 0.2) is 0 Å². The number of hydrogen-bond donors (Lipinski definition) is 2. The maximum absolute atomic E-state index is 12.1. The van der Waals surface area contributed by atoms with Gasteiger partial charge >= 0.3 is 6.03 Å². The topological polar surface area (TPSA) is 76.1 Å². The molecule has 0 aliphatic carbocycles. The van der Waals surface area contributed by atoms with E-state index in [0.717, 1.165) is 22.6 Å². The number of aryl methyl sites for hydroxylation is 2. The van der Waals surface area contributed by atoms with Crippen LogP contribution in [0.1, 0.15) is 11.1 Å². The second-order valence-corrected chi connectivity index (χ2v) is 6.50. The van der Waals surface area contributed by atoms with Crippen LogP contribution in [0, 0.1) is 13.8 Å². The number of hydrogen-bond acceptors (Lipinski definition) is 5. The third kappa shape index (κ3) is 4.13. The molecule has 2 aromatic carbocycles. The van der Waals surface area contributed by atoms with Gasteiger partial charge in [-0.25, -0.2) is 4.79 Å². The molecule has 0 bridgehead atoms. The number of nitrogens with one attached hydrogen (secondary N) is 2. The highest BCUT2D eigenvalue weighted by Gasteiger charge is 2.10. The minimum absolute atomic E-state index is 0.350. The van der Waals surface area contributed by atoms with Crippen LogP contribution in [0.4, 0.5) is 15.6 Å². The Labute approximate surface area is 149 Å². The highest BCUT2D eigenvalue weighted by Crippen LogP contribution is 2.28. The van der Waals surface area contributed by atoms with Crippen LogP contribution in [0.5, 0.6) is 5.75 Å². The fraction of sp³-hybridized carbons (Fsp3) is 0.167. The minimum atomic E-state index is -0.350. The molecule has 7 heteroatoms. The lowest BCUT2D eigenvalue weighted by Gasteiger charge is -2.07. The summed E-state index contributed by atoms with van der Waals surface area (Å²) < 4.78 is 5.21. The molecule has 0 aliphatic heterocycles. The van der Waals surface area contributed by atoms with E-state index in [1.807, 2.05) is 56.3 Å². The van der Waals surface area contributed by atoms with E-state index in [2.05, 4.69) is 20.8 Å². The summed E-state index contributed by atoms with van der Waals surface area (Å²) in [5.74, 6) is 0.745. The van der Waals surface area contributed by atoms with Crippen molar-refractivity contribution in [2.75, 3.05) is 17.7 Å². The summed E-state index contributed by atoms with van der Waals surface area (Å²) in [6.07, 6.45) is 0. The van der Waals surface area contributed by atoms with Crippen LogP contribution in [-0.4, -0.2) is 23.3 Å². The van der Waals surface area contributed by atoms with Gasteiger partial charge in [-0.05, 0) is 49.2 Å². The summed E-state index contributed by atoms with van der Waals surface area (Å²) in [7, 11) is 1.61. The summed E-state index contributed by atoms with van der Waals surface area (Å²) in [5, 5.41) is 14.8. The lowest BCUT2D eigenvalue weighted by atomic mass is 10.1. The summed E-state index contributed by atoms with van der Waals surface area (Å²) in [5.41, 5.74) is 3.92. The number of anilines is 2. The van der Waals surface area contributed by atoms with Crippen molar-refractivity contribution in [3.63, 3.8) is 0 Å². The van der Waals surface area contributed by atoms with E-state index in [-0.39, 0.29) is 6.03 Å². The predicted molar refractivity (Wildman–Crippen MR) is 100 cm³/mol. The summed E-state index contributed by atoms with van der Waals surface area (Å²) >= 11 is 1.30. The number of rotatable bonds is 4. The number of urea groups is 1. The van der Waals surface area contributed by atoms with Gasteiger partial charge in [0.25, 0.3) is 0 Å². The van der Waals surface area contributed by atoms with E-state index in [0.29, 0.717) is 10.1 Å². The predicted octanol–water partition coefficient (Wildman–Crippen LogP) is 4.47. The molecule has 0 spiro atoms. The van der Waals surface area contributed by atoms with Gasteiger partial charge in [0.1, 0.15) is 10.8 Å². The van der Waals surface area contributed by atoms with Gasteiger partial charge in [0.05, 0.1) is 7.11 Å². The van der Waals surface area contributed by atoms with E-state index in [9.17, 15) is 4.79 Å². The Morgan fingerprint density at radius 2 is 1.88 bits per heavy atom. The monoisotopic (exact) mass is 354 g/mol. The molecule has 0 saturated heterocycles. The lowest BCUT2D eigenvalue weighted by Crippen LogP contribution is -2.19. The van der Waals surface area contributed by atoms with E-state index < -0.39 is 0 Å². The molecule has 0 aliphatic rings. The van der Waals surface area contributed by atoms with E-state index in [1.54, 1.807) is 7.11 Å². The minimum Gasteiger partial charge on any atom is -0.497 e. The van der Waals surface area contributed by atoms with Gasteiger partial charge in [-0.2, -0.15) is 0 Å². The first kappa shape index (κ1) is 16.9. The Balaban J connectivity index is 1.68. The quantitative estimate of drug-likeness (QED) is 0.724. The molecule has 0 atom stereocenters. The molecular formula is C18H18N4O2S. The van der Waals surface area contributed by atoms with E-state index in [4.69, 9.17) is 4.74 Å². The van der Waals surface area contributed by atoms with Crippen LogP contribution in [0.2, 0.25) is 0 Å². The zero-order valence-corrected chi connectivity index (χ0v) is 15.0. The zero-order chi connectivity index (χ0) is 17.8. The van der Waals surface area contributed by atoms with Crippen molar-refractivity contribution >= 4 is 28.2 Å². The highest BCUT2D eigenvalue weighted by molar-refractivity contribution is 7.18. The standard InChI is InChI=1S/C18H18N4O2S/c1-11-7-8-14(9-12(11)2)19-17(23)20-18-22-21-16(25-18)13-5-4-6-15(10-13)24-3/h4-10H,1-3H3,(H2,19,20,22,23). The number of carbonyl (C=O) groups excluding carboxylic acids is 1. The van der Waals surface area contributed by atoms with Gasteiger partial charge in [-0.3, -0.25) is 5.32 Å². The fourth-order valence-electron chi connectivity index (χ4n) is 2.23. The van der Waals surface area contributed by atoms with Crippen LogP contribution >= 0.6 is 11.3 Å². The highest BCUT2D eigenvalue weighted by atomic mass is 32.1. The van der Waals surface area contributed by atoms with E-state index >= 15 is 0 Å². The first-order valence-electron chi connectivity index (χ1n) is 7.68. The van der Waals surface area contributed by atoms with Crippen molar-refractivity contribution in [1.82, 2.24) is 10.2 Å². The van der Waals surface area contributed by atoms with E-state index in [1.165, 1.54) is 16.9 Å². The van der Waals surface area contributed by atoms with Gasteiger partial charge in [0.2, 0.25) is 5.13 Å². The number of nitrogens with zero attached hydrogens (tertiary/aromatic N) is 2. The van der Waals surface area contributed by atoms with Crippen molar-refractivity contribution in [3.05, 3.63) is 53.6 Å². The smallest absolute Gasteiger partial charge is 0.325 e. The van der Waals surface area contributed by atoms with Crippen LogP contribution in [0.15, 0.2) is 42.5 Å². The molecule has 2 amide bonds. The van der Waals surface area contributed by atoms with Crippen LogP contribution < -0.4 is 15.4 Å². The SMILES string of the molecule is COc1cccc(-c2nnc(NC(=O)Nc3ccc(C)c(C)c3)s2)c1. The Kier molecular flexibility index (Phi) is 4.95. The number of aromatic nitrogens is 2. The largest absolute Gasteiger partial charge is 0.497 e. The molecule has 0 fully saturated rings. The third-order valence-electron chi connectivity index (χ3n) is 3.73. The Morgan fingerprint density at radius 1 is 1.04 bits per heavy atom. The average molecular weight is 354 g/mol. The Morgan fingerprint density at radius 3 is 2.64 bits per heavy atom. The van der Waals surface area contributed by atoms with Crippen LogP contribution in [0.3, 0.4) is 0 Å². The number of methoxy groups -OCH3 is 1. The molecule has 128 valence electrons. The number of carbonyl (C=O) groups is 1. The van der Waals surface area contributed by atoms with Gasteiger partial charge in [-0.1, -0.05) is 29.5 Å². The summed E-state index contributed by atoms with van der Waals surface area (Å²) in [6, 6.07) is 12.9. The maximum atomic E-state index is 12.1. The van der Waals surface area contributed by atoms with Crippen LogP contribution in [-0.2, 0) is 0 Å². The Bertz CT molecular complexity index is 908. The lowest BCUT2D eigenvalue weighted by molar-refractivity contribution is 0.262. The Hall–Kier alpha value is -2.93. The molecule has 2 N–H and O–H groups in total. The second kappa shape index (κ2) is 7.31. The first-order valence-corrected chi connectivity index (χ1v) is 8.50. The third-order valence-corrected chi connectivity index (χ3v) is 4.61. The molecule has 0 radical (unpaired) electrons. The fourth-order valence-corrected chi connectivity index (χ4v) is 2.96. The molecule has 3 rings (SSSR count). The van der Waals surface area contributed by atoms with Gasteiger partial charge in [0, 0.05) is 11.3 Å². The molecule has 0 saturated carbocycles. The second-order valence-electron chi connectivity index (χ2n) is 5.52. The maximum Gasteiger partial charge on any atom is 0.325 e. The van der Waals surface area contributed by atoms with Crippen molar-refractivity contribution in [2.45, 2.75) is 13.8 Å². The number of benzene rings is 2. The molecular weight excluding hydrogens is 336 g/mol. The number of ether oxygens (including phenoxy) is 1. The van der Waals surface area contributed by atoms with Crippen LogP contribution in [0.25, 0.3) is 10.6 Å². The van der Waals surface area contributed by atoms with Crippen molar-refractivity contribution in [3.8, 4) is 16.3 Å². The number of amides is 2. The zero-order valence-electron chi connectivity index (χ0n) is 14.2. The van der Waals surface area contributed by atoms with Gasteiger partial charge < -0.3 is 10.1 Å². The molecule has 6 nitrogen and oxygen atoms in total. The first-order chi connectivity index (χ1) is 12.0. The van der Waals surface area contributed by atoms with Crippen molar-refractivity contribution < 1.29 is 9.53 Å². The van der Waals surface area contributed by atoms with Gasteiger partial charge in [-0.15, -0.1) is 10.2 Å². The average Bonchev–Trinajstić information content (AvgIpc) is 3.06. The summed E-state index contributed by atoms with van der Waals surface area (Å²) in [4.78, 5) is 12.1. The molecule has 1 heterocycles. The van der Waals surface area contributed by atoms with Crippen molar-refractivity contribution in [2.24, 2.45) is 0 Å². The van der Waals surface area contributed by atoms with Crippen molar-refractivity contribution in [1.29, 1.82) is 0 Å². The molecule has 1 aromatic heterocycles. The molecule has 0 unspecified atom stereocenters. The molecule has 25 heavy (non-hydrogen) atoms. The molecule has 3 aromatic rings. The summed E-state index contributed by atoms with van der Waals surface area (Å²) in [6.45, 7) is 4.03.